The molecule has 0 radical (unpaired) electrons. The van der Waals surface area contributed by atoms with Gasteiger partial charge in [0.2, 0.25) is 0 Å². The predicted octanol–water partition coefficient (Wildman–Crippen LogP) is 2.34. The summed E-state index contributed by atoms with van der Waals surface area (Å²) in [5, 5.41) is 3.48. The van der Waals surface area contributed by atoms with Gasteiger partial charge in [-0.15, -0.1) is 6.58 Å². The first kappa shape index (κ1) is 8.79. The van der Waals surface area contributed by atoms with Crippen molar-refractivity contribution in [1.29, 1.82) is 0 Å². The predicted molar refractivity (Wildman–Crippen MR) is 49.6 cm³/mol. The molecular weight excluding hydrogens is 134 g/mol. The molecule has 0 heterocycles. The lowest BCUT2D eigenvalue weighted by atomic mass is 9.87. The van der Waals surface area contributed by atoms with Crippen molar-refractivity contribution in [2.24, 2.45) is 5.92 Å². The zero-order chi connectivity index (χ0) is 8.10. The zero-order valence-corrected chi connectivity index (χ0v) is 7.47. The van der Waals surface area contributed by atoms with Crippen molar-refractivity contribution in [3.05, 3.63) is 12.7 Å². The van der Waals surface area contributed by atoms with Crippen LogP contribution in [0, 0.1) is 5.92 Å². The second kappa shape index (κ2) is 4.55. The number of nitrogens with one attached hydrogen (secondary N) is 1. The van der Waals surface area contributed by atoms with Gasteiger partial charge in [-0.05, 0) is 18.8 Å². The number of hydrogen-bond acceptors (Lipinski definition) is 1. The smallest absolute Gasteiger partial charge is 0.0134 e. The van der Waals surface area contributed by atoms with E-state index in [0.29, 0.717) is 0 Å². The largest absolute Gasteiger partial charge is 0.311 e. The molecule has 2 atom stereocenters. The Morgan fingerprint density at radius 3 is 3.00 bits per heavy atom. The van der Waals surface area contributed by atoms with Crippen molar-refractivity contribution < 1.29 is 0 Å². The zero-order valence-electron chi connectivity index (χ0n) is 7.47. The van der Waals surface area contributed by atoms with Crippen LogP contribution in [0.3, 0.4) is 0 Å². The summed E-state index contributed by atoms with van der Waals surface area (Å²) >= 11 is 0. The maximum Gasteiger partial charge on any atom is 0.0134 e. The minimum absolute atomic E-state index is 0.761. The second-order valence-electron chi connectivity index (χ2n) is 3.67. The van der Waals surface area contributed by atoms with Crippen LogP contribution < -0.4 is 5.32 Å². The van der Waals surface area contributed by atoms with Crippen LogP contribution in [0.4, 0.5) is 0 Å². The third-order valence-electron chi connectivity index (χ3n) is 2.49. The first-order valence-electron chi connectivity index (χ1n) is 4.67. The van der Waals surface area contributed by atoms with Crippen molar-refractivity contribution >= 4 is 0 Å². The molecule has 0 spiro atoms. The van der Waals surface area contributed by atoms with Gasteiger partial charge >= 0.3 is 0 Å². The summed E-state index contributed by atoms with van der Waals surface area (Å²) in [6, 6.07) is 0.761. The van der Waals surface area contributed by atoms with E-state index in [4.69, 9.17) is 0 Å². The first-order valence-corrected chi connectivity index (χ1v) is 4.67. The van der Waals surface area contributed by atoms with Crippen molar-refractivity contribution in [2.45, 2.75) is 38.6 Å². The average molecular weight is 153 g/mol. The molecule has 1 fully saturated rings. The van der Waals surface area contributed by atoms with Crippen LogP contribution in [0.1, 0.15) is 32.6 Å². The van der Waals surface area contributed by atoms with E-state index in [1.165, 1.54) is 25.7 Å². The summed E-state index contributed by atoms with van der Waals surface area (Å²) in [4.78, 5) is 0. The van der Waals surface area contributed by atoms with Gasteiger partial charge in [0, 0.05) is 12.6 Å². The molecule has 0 aromatic rings. The van der Waals surface area contributed by atoms with Crippen molar-refractivity contribution in [2.75, 3.05) is 6.54 Å². The molecule has 0 saturated heterocycles. The SMILES string of the molecule is C=CCNC1CCCC(C)C1. The molecule has 1 N–H and O–H groups in total. The van der Waals surface area contributed by atoms with E-state index >= 15 is 0 Å². The van der Waals surface area contributed by atoms with Crippen LogP contribution in [0.2, 0.25) is 0 Å². The standard InChI is InChI=1S/C10H19N/c1-3-7-11-10-6-4-5-9(2)8-10/h3,9-11H,1,4-8H2,2H3. The van der Waals surface area contributed by atoms with Gasteiger partial charge in [-0.2, -0.15) is 0 Å². The fourth-order valence-corrected chi connectivity index (χ4v) is 1.87. The molecule has 0 aromatic carbocycles. The van der Waals surface area contributed by atoms with E-state index in [1.54, 1.807) is 0 Å². The van der Waals surface area contributed by atoms with E-state index in [1.807, 2.05) is 6.08 Å². The fourth-order valence-electron chi connectivity index (χ4n) is 1.87. The third kappa shape index (κ3) is 3.06. The van der Waals surface area contributed by atoms with Crippen molar-refractivity contribution in [3.8, 4) is 0 Å². The molecule has 0 aliphatic heterocycles. The van der Waals surface area contributed by atoms with Crippen LogP contribution in [0.25, 0.3) is 0 Å². The van der Waals surface area contributed by atoms with Gasteiger partial charge in [0.25, 0.3) is 0 Å². The van der Waals surface area contributed by atoms with Crippen molar-refractivity contribution in [3.63, 3.8) is 0 Å². The third-order valence-corrected chi connectivity index (χ3v) is 2.49. The lowest BCUT2D eigenvalue weighted by molar-refractivity contribution is 0.308. The van der Waals surface area contributed by atoms with Gasteiger partial charge in [-0.25, -0.2) is 0 Å². The van der Waals surface area contributed by atoms with Crippen LogP contribution in [-0.2, 0) is 0 Å². The Morgan fingerprint density at radius 1 is 1.55 bits per heavy atom. The molecule has 0 bridgehead atoms. The highest BCUT2D eigenvalue weighted by molar-refractivity contribution is 4.79. The maximum absolute atomic E-state index is 3.70. The molecular formula is C10H19N. The highest BCUT2D eigenvalue weighted by Crippen LogP contribution is 2.23. The van der Waals surface area contributed by atoms with E-state index in [-0.39, 0.29) is 0 Å². The van der Waals surface area contributed by atoms with Crippen LogP contribution in [0.5, 0.6) is 0 Å². The minimum atomic E-state index is 0.761. The molecule has 1 nitrogen and oxygen atoms in total. The first-order chi connectivity index (χ1) is 5.33. The van der Waals surface area contributed by atoms with Gasteiger partial charge in [0.15, 0.2) is 0 Å². The van der Waals surface area contributed by atoms with Crippen LogP contribution in [0.15, 0.2) is 12.7 Å². The lowest BCUT2D eigenvalue weighted by Gasteiger charge is -2.27. The molecule has 11 heavy (non-hydrogen) atoms. The Kier molecular flexibility index (Phi) is 3.64. The van der Waals surface area contributed by atoms with Gasteiger partial charge in [0.05, 0.1) is 0 Å². The Balaban J connectivity index is 2.17. The lowest BCUT2D eigenvalue weighted by Crippen LogP contribution is -2.33. The quantitative estimate of drug-likeness (QED) is 0.614. The number of rotatable bonds is 3. The van der Waals surface area contributed by atoms with Gasteiger partial charge in [-0.3, -0.25) is 0 Å². The van der Waals surface area contributed by atoms with Crippen molar-refractivity contribution in [1.82, 2.24) is 5.32 Å². The molecule has 0 aromatic heterocycles. The summed E-state index contributed by atoms with van der Waals surface area (Å²) in [5.74, 6) is 0.922. The second-order valence-corrected chi connectivity index (χ2v) is 3.67. The monoisotopic (exact) mass is 153 g/mol. The van der Waals surface area contributed by atoms with Gasteiger partial charge in [0.1, 0.15) is 0 Å². The molecule has 64 valence electrons. The van der Waals surface area contributed by atoms with Gasteiger partial charge < -0.3 is 5.32 Å². The summed E-state index contributed by atoms with van der Waals surface area (Å²) in [6.07, 6.45) is 7.48. The molecule has 1 aliphatic carbocycles. The summed E-state index contributed by atoms with van der Waals surface area (Å²) in [6.45, 7) is 7.02. The highest BCUT2D eigenvalue weighted by Gasteiger charge is 2.17. The Hall–Kier alpha value is -0.300. The normalized spacial score (nSPS) is 31.7. The fraction of sp³-hybridized carbons (Fsp3) is 0.800. The van der Waals surface area contributed by atoms with Crippen LogP contribution >= 0.6 is 0 Å². The summed E-state index contributed by atoms with van der Waals surface area (Å²) in [5.41, 5.74) is 0. The highest BCUT2D eigenvalue weighted by atomic mass is 14.9. The van der Waals surface area contributed by atoms with E-state index in [0.717, 1.165) is 18.5 Å². The molecule has 1 rings (SSSR count). The number of hydrogen-bond donors (Lipinski definition) is 1. The average Bonchev–Trinajstić information content (AvgIpc) is 2.01. The molecule has 2 unspecified atom stereocenters. The molecule has 1 heteroatoms. The van der Waals surface area contributed by atoms with Gasteiger partial charge in [-0.1, -0.05) is 25.8 Å². The molecule has 1 saturated carbocycles. The Morgan fingerprint density at radius 2 is 2.36 bits per heavy atom. The van der Waals surface area contributed by atoms with E-state index in [9.17, 15) is 0 Å². The summed E-state index contributed by atoms with van der Waals surface area (Å²) in [7, 11) is 0. The summed E-state index contributed by atoms with van der Waals surface area (Å²) < 4.78 is 0. The molecule has 1 aliphatic rings. The maximum atomic E-state index is 3.70. The van der Waals surface area contributed by atoms with E-state index in [2.05, 4.69) is 18.8 Å². The molecule has 0 amide bonds. The Bertz CT molecular complexity index is 120. The minimum Gasteiger partial charge on any atom is -0.311 e. The van der Waals surface area contributed by atoms with Crippen LogP contribution in [-0.4, -0.2) is 12.6 Å². The topological polar surface area (TPSA) is 12.0 Å². The Labute approximate surface area is 69.9 Å². The van der Waals surface area contributed by atoms with E-state index < -0.39 is 0 Å².